The molecule has 7 heteroatoms. The van der Waals surface area contributed by atoms with E-state index in [1.807, 2.05) is 27.7 Å². The first-order valence-electron chi connectivity index (χ1n) is 8.35. The quantitative estimate of drug-likeness (QED) is 0.767. The molecule has 1 aromatic heterocycles. The van der Waals surface area contributed by atoms with Gasteiger partial charge < -0.3 is 14.4 Å². The number of aryl methyl sites for hydroxylation is 1. The van der Waals surface area contributed by atoms with Crippen LogP contribution in [0.15, 0.2) is 6.07 Å². The maximum absolute atomic E-state index is 12.0. The molecule has 0 bridgehead atoms. The Morgan fingerprint density at radius 3 is 2.58 bits per heavy atom. The number of piperidine rings is 1. The van der Waals surface area contributed by atoms with Crippen molar-refractivity contribution in [2.45, 2.75) is 52.6 Å². The van der Waals surface area contributed by atoms with E-state index in [-0.39, 0.29) is 6.09 Å². The number of aromatic nitrogens is 2. The molecule has 0 unspecified atom stereocenters. The van der Waals surface area contributed by atoms with Crippen molar-refractivity contribution in [3.8, 4) is 6.01 Å². The number of halogens is 1. The number of carbonyl (C=O) groups is 1. The molecule has 2 heterocycles. The summed E-state index contributed by atoms with van der Waals surface area (Å²) in [4.78, 5) is 22.1. The minimum absolute atomic E-state index is 0.222. The Bertz CT molecular complexity index is 546. The van der Waals surface area contributed by atoms with E-state index in [0.717, 1.165) is 38.0 Å². The Morgan fingerprint density at radius 1 is 1.33 bits per heavy atom. The van der Waals surface area contributed by atoms with Crippen molar-refractivity contribution in [3.63, 3.8) is 0 Å². The van der Waals surface area contributed by atoms with Crippen LogP contribution in [0.2, 0.25) is 5.15 Å². The van der Waals surface area contributed by atoms with Gasteiger partial charge in [-0.05, 0) is 58.9 Å². The zero-order valence-corrected chi connectivity index (χ0v) is 15.6. The Kier molecular flexibility index (Phi) is 6.27. The third-order valence-corrected chi connectivity index (χ3v) is 4.02. The highest BCUT2D eigenvalue weighted by Gasteiger charge is 2.26. The van der Waals surface area contributed by atoms with Crippen LogP contribution in [-0.4, -0.2) is 46.3 Å². The van der Waals surface area contributed by atoms with Crippen LogP contribution in [0.5, 0.6) is 6.01 Å². The molecule has 0 aliphatic carbocycles. The largest absolute Gasteiger partial charge is 0.463 e. The van der Waals surface area contributed by atoms with Gasteiger partial charge in [0.25, 0.3) is 0 Å². The molecule has 0 saturated carbocycles. The summed E-state index contributed by atoms with van der Waals surface area (Å²) in [6.45, 7) is 9.51. The Balaban J connectivity index is 1.70. The van der Waals surface area contributed by atoms with Gasteiger partial charge in [0.15, 0.2) is 0 Å². The van der Waals surface area contributed by atoms with Crippen LogP contribution < -0.4 is 4.74 Å². The van der Waals surface area contributed by atoms with Crippen molar-refractivity contribution >= 4 is 17.7 Å². The molecule has 0 N–H and O–H groups in total. The highest BCUT2D eigenvalue weighted by atomic mass is 35.5. The molecule has 1 amide bonds. The Morgan fingerprint density at radius 2 is 2.00 bits per heavy atom. The fraction of sp³-hybridized carbons (Fsp3) is 0.706. The summed E-state index contributed by atoms with van der Waals surface area (Å²) in [7, 11) is 0. The first-order valence-corrected chi connectivity index (χ1v) is 8.72. The minimum atomic E-state index is -0.448. The maximum atomic E-state index is 12.0. The Labute approximate surface area is 148 Å². The van der Waals surface area contributed by atoms with Crippen molar-refractivity contribution in [2.75, 3.05) is 19.7 Å². The number of hydrogen-bond acceptors (Lipinski definition) is 5. The number of ether oxygens (including phenoxy) is 2. The van der Waals surface area contributed by atoms with Crippen molar-refractivity contribution in [1.82, 2.24) is 14.9 Å². The molecule has 1 saturated heterocycles. The summed E-state index contributed by atoms with van der Waals surface area (Å²) in [5.74, 6) is 0.531. The normalized spacial score (nSPS) is 16.1. The van der Waals surface area contributed by atoms with Crippen molar-refractivity contribution in [2.24, 2.45) is 5.92 Å². The van der Waals surface area contributed by atoms with Gasteiger partial charge in [0.05, 0.1) is 6.61 Å². The van der Waals surface area contributed by atoms with Gasteiger partial charge in [0.1, 0.15) is 10.8 Å². The predicted molar refractivity (Wildman–Crippen MR) is 92.4 cm³/mol. The van der Waals surface area contributed by atoms with Gasteiger partial charge in [0.2, 0.25) is 0 Å². The molecule has 24 heavy (non-hydrogen) atoms. The van der Waals surface area contributed by atoms with E-state index in [2.05, 4.69) is 9.97 Å². The monoisotopic (exact) mass is 355 g/mol. The summed E-state index contributed by atoms with van der Waals surface area (Å²) in [6, 6.07) is 2.02. The van der Waals surface area contributed by atoms with Crippen LogP contribution in [0.3, 0.4) is 0 Å². The summed E-state index contributed by atoms with van der Waals surface area (Å²) < 4.78 is 11.0. The lowest BCUT2D eigenvalue weighted by atomic mass is 9.94. The summed E-state index contributed by atoms with van der Waals surface area (Å²) in [5, 5.41) is 0.392. The molecule has 1 fully saturated rings. The number of rotatable bonds is 4. The van der Waals surface area contributed by atoms with Gasteiger partial charge in [-0.15, -0.1) is 0 Å². The lowest BCUT2D eigenvalue weighted by Crippen LogP contribution is -2.41. The fourth-order valence-electron chi connectivity index (χ4n) is 2.62. The van der Waals surface area contributed by atoms with Crippen LogP contribution in [0, 0.1) is 12.8 Å². The molecule has 1 aromatic rings. The van der Waals surface area contributed by atoms with Crippen molar-refractivity contribution in [3.05, 3.63) is 16.9 Å². The SMILES string of the molecule is Cc1cc(Cl)nc(OCCC2CCN(C(=O)OC(C)(C)C)CC2)n1. The van der Waals surface area contributed by atoms with E-state index in [9.17, 15) is 4.79 Å². The number of hydrogen-bond donors (Lipinski definition) is 0. The van der Waals surface area contributed by atoms with E-state index in [0.29, 0.717) is 23.7 Å². The van der Waals surface area contributed by atoms with E-state index >= 15 is 0 Å². The summed E-state index contributed by atoms with van der Waals surface area (Å²) in [6.07, 6.45) is 2.60. The molecule has 0 spiro atoms. The lowest BCUT2D eigenvalue weighted by Gasteiger charge is -2.33. The zero-order valence-electron chi connectivity index (χ0n) is 14.8. The standard InChI is InChI=1S/C17H26ClN3O3/c1-12-11-14(18)20-15(19-12)23-10-7-13-5-8-21(9-6-13)16(22)24-17(2,3)4/h11,13H,5-10H2,1-4H3. The second kappa shape index (κ2) is 8.01. The smallest absolute Gasteiger partial charge is 0.410 e. The average molecular weight is 356 g/mol. The van der Waals surface area contributed by atoms with E-state index in [4.69, 9.17) is 21.1 Å². The number of nitrogens with zero attached hydrogens (tertiary/aromatic N) is 3. The third-order valence-electron chi connectivity index (χ3n) is 3.83. The zero-order chi connectivity index (χ0) is 17.7. The summed E-state index contributed by atoms with van der Waals surface area (Å²) in [5.41, 5.74) is 0.340. The first-order chi connectivity index (χ1) is 11.2. The number of carbonyl (C=O) groups excluding carboxylic acids is 1. The highest BCUT2D eigenvalue weighted by molar-refractivity contribution is 6.29. The van der Waals surface area contributed by atoms with Gasteiger partial charge in [-0.2, -0.15) is 4.98 Å². The van der Waals surface area contributed by atoms with Gasteiger partial charge in [-0.3, -0.25) is 0 Å². The lowest BCUT2D eigenvalue weighted by molar-refractivity contribution is 0.0177. The Hall–Kier alpha value is -1.56. The molecule has 134 valence electrons. The number of likely N-dealkylation sites (tertiary alicyclic amines) is 1. The van der Waals surface area contributed by atoms with E-state index < -0.39 is 5.60 Å². The van der Waals surface area contributed by atoms with Crippen molar-refractivity contribution < 1.29 is 14.3 Å². The van der Waals surface area contributed by atoms with Gasteiger partial charge in [-0.25, -0.2) is 9.78 Å². The van der Waals surface area contributed by atoms with Crippen LogP contribution in [0.25, 0.3) is 0 Å². The molecule has 0 aromatic carbocycles. The predicted octanol–water partition coefficient (Wildman–Crippen LogP) is 3.85. The van der Waals surface area contributed by atoms with Gasteiger partial charge >= 0.3 is 12.1 Å². The van der Waals surface area contributed by atoms with Gasteiger partial charge in [-0.1, -0.05) is 11.6 Å². The maximum Gasteiger partial charge on any atom is 0.410 e. The van der Waals surface area contributed by atoms with Crippen LogP contribution in [-0.2, 0) is 4.74 Å². The number of amides is 1. The molecular weight excluding hydrogens is 330 g/mol. The highest BCUT2D eigenvalue weighted by Crippen LogP contribution is 2.22. The molecule has 1 aliphatic heterocycles. The van der Waals surface area contributed by atoms with E-state index in [1.165, 1.54) is 0 Å². The van der Waals surface area contributed by atoms with Gasteiger partial charge in [0, 0.05) is 18.8 Å². The third kappa shape index (κ3) is 6.15. The van der Waals surface area contributed by atoms with Crippen LogP contribution >= 0.6 is 11.6 Å². The molecule has 0 radical (unpaired) electrons. The average Bonchev–Trinajstić information content (AvgIpc) is 2.45. The fourth-order valence-corrected chi connectivity index (χ4v) is 2.85. The summed E-state index contributed by atoms with van der Waals surface area (Å²) >= 11 is 5.89. The first kappa shape index (κ1) is 18.8. The molecule has 0 atom stereocenters. The second-order valence-corrected chi connectivity index (χ2v) is 7.55. The minimum Gasteiger partial charge on any atom is -0.463 e. The molecular formula is C17H26ClN3O3. The van der Waals surface area contributed by atoms with Crippen molar-refractivity contribution in [1.29, 1.82) is 0 Å². The molecule has 6 nitrogen and oxygen atoms in total. The van der Waals surface area contributed by atoms with E-state index in [1.54, 1.807) is 11.0 Å². The molecule has 2 rings (SSSR count). The van der Waals surface area contributed by atoms with Crippen LogP contribution in [0.4, 0.5) is 4.79 Å². The second-order valence-electron chi connectivity index (χ2n) is 7.16. The molecule has 1 aliphatic rings. The topological polar surface area (TPSA) is 64.5 Å². The van der Waals surface area contributed by atoms with Crippen LogP contribution in [0.1, 0.15) is 45.7 Å².